The van der Waals surface area contributed by atoms with Gasteiger partial charge in [0, 0.05) is 12.8 Å². The number of fused-ring (bicyclic) bond motifs is 1. The Labute approximate surface area is 154 Å². The summed E-state index contributed by atoms with van der Waals surface area (Å²) in [5.41, 5.74) is 1.63. The molecule has 0 aromatic rings. The fraction of sp³-hybridized carbons (Fsp3) is 0.696. The number of carbonyl (C=O) groups excluding carboxylic acids is 1. The first kappa shape index (κ1) is 19.8. The van der Waals surface area contributed by atoms with Gasteiger partial charge in [0.05, 0.1) is 7.11 Å². The van der Waals surface area contributed by atoms with E-state index in [9.17, 15) is 4.79 Å². The van der Waals surface area contributed by atoms with Gasteiger partial charge >= 0.3 is 5.97 Å². The number of hydrogen-bond donors (Lipinski definition) is 0. The number of rotatable bonds is 8. The van der Waals surface area contributed by atoms with Crippen LogP contribution in [0.5, 0.6) is 0 Å². The van der Waals surface area contributed by atoms with Gasteiger partial charge in [0.2, 0.25) is 0 Å². The van der Waals surface area contributed by atoms with Crippen molar-refractivity contribution in [1.82, 2.24) is 0 Å². The predicted octanol–water partition coefficient (Wildman–Crippen LogP) is 5.69. The highest BCUT2D eigenvalue weighted by Gasteiger charge is 2.39. The van der Waals surface area contributed by atoms with E-state index < -0.39 is 0 Å². The molecule has 0 heterocycles. The summed E-state index contributed by atoms with van der Waals surface area (Å²) < 4.78 is 4.70. The lowest BCUT2D eigenvalue weighted by Crippen LogP contribution is -2.06. The number of esters is 1. The summed E-state index contributed by atoms with van der Waals surface area (Å²) in [7, 11) is 1.46. The zero-order valence-corrected chi connectivity index (χ0v) is 16.2. The van der Waals surface area contributed by atoms with Gasteiger partial charge in [0.25, 0.3) is 0 Å². The van der Waals surface area contributed by atoms with E-state index in [1.54, 1.807) is 5.57 Å². The number of methoxy groups -OCH3 is 1. The Balaban J connectivity index is 1.74. The van der Waals surface area contributed by atoms with Crippen LogP contribution >= 0.6 is 0 Å². The first-order valence-corrected chi connectivity index (χ1v) is 9.95. The van der Waals surface area contributed by atoms with E-state index in [1.165, 1.54) is 32.8 Å². The summed E-state index contributed by atoms with van der Waals surface area (Å²) in [5, 5.41) is 0. The van der Waals surface area contributed by atoms with E-state index >= 15 is 0 Å². The number of carbonyl (C=O) groups is 1. The molecule has 0 radical (unpaired) electrons. The van der Waals surface area contributed by atoms with Crippen molar-refractivity contribution in [3.8, 4) is 11.8 Å². The number of unbranched alkanes of at least 4 members (excludes halogenated alkanes) is 1. The van der Waals surface area contributed by atoms with Crippen molar-refractivity contribution in [2.75, 3.05) is 7.11 Å². The molecule has 138 valence electrons. The van der Waals surface area contributed by atoms with Crippen LogP contribution < -0.4 is 0 Å². The summed E-state index contributed by atoms with van der Waals surface area (Å²) >= 11 is 0. The monoisotopic (exact) mass is 342 g/mol. The molecule has 0 aromatic carbocycles. The van der Waals surface area contributed by atoms with Crippen molar-refractivity contribution in [2.24, 2.45) is 23.7 Å². The van der Waals surface area contributed by atoms with Crippen LogP contribution in [0.3, 0.4) is 0 Å². The Morgan fingerprint density at radius 2 is 2.20 bits per heavy atom. The maximum atomic E-state index is 11.2. The molecular formula is C23H34O2. The molecule has 0 saturated heterocycles. The Morgan fingerprint density at radius 3 is 2.96 bits per heavy atom. The van der Waals surface area contributed by atoms with Gasteiger partial charge < -0.3 is 4.74 Å². The summed E-state index contributed by atoms with van der Waals surface area (Å²) in [4.78, 5) is 11.2. The standard InChI is InChI=1S/C23H34O2/c1-4-5-9-18(2)10-8-12-20-14-15-21-16-19(17-22(20)21)11-6-7-13-23(24)25-3/h8,11-12,18,20-22H,6-7,9-10,13-17H2,1-3H3/b12-8+,19-11?/t18?,20?,21-,22-/m1/s1. The van der Waals surface area contributed by atoms with E-state index in [0.717, 1.165) is 43.4 Å². The zero-order chi connectivity index (χ0) is 18.1. The second kappa shape index (κ2) is 10.5. The molecule has 2 heteroatoms. The van der Waals surface area contributed by atoms with Gasteiger partial charge in [-0.3, -0.25) is 4.79 Å². The molecule has 2 rings (SSSR count). The van der Waals surface area contributed by atoms with Crippen LogP contribution in [0.1, 0.15) is 71.6 Å². The van der Waals surface area contributed by atoms with Crippen LogP contribution in [0.2, 0.25) is 0 Å². The van der Waals surface area contributed by atoms with Crippen molar-refractivity contribution in [3.05, 3.63) is 23.8 Å². The molecule has 0 aliphatic heterocycles. The van der Waals surface area contributed by atoms with Crippen molar-refractivity contribution in [1.29, 1.82) is 0 Å². The van der Waals surface area contributed by atoms with Gasteiger partial charge in [-0.15, -0.1) is 11.8 Å². The summed E-state index contributed by atoms with van der Waals surface area (Å²) in [6.07, 6.45) is 17.2. The molecule has 25 heavy (non-hydrogen) atoms. The van der Waals surface area contributed by atoms with Crippen LogP contribution in [0, 0.1) is 35.5 Å². The Kier molecular flexibility index (Phi) is 8.32. The maximum Gasteiger partial charge on any atom is 0.305 e. The third-order valence-electron chi connectivity index (χ3n) is 5.84. The van der Waals surface area contributed by atoms with Crippen molar-refractivity contribution < 1.29 is 9.53 Å². The fourth-order valence-corrected chi connectivity index (χ4v) is 4.38. The molecule has 2 fully saturated rings. The van der Waals surface area contributed by atoms with E-state index in [2.05, 4.69) is 37.0 Å². The molecule has 2 aliphatic carbocycles. The van der Waals surface area contributed by atoms with E-state index in [4.69, 9.17) is 4.74 Å². The van der Waals surface area contributed by atoms with Crippen molar-refractivity contribution >= 4 is 5.97 Å². The molecule has 2 aliphatic rings. The molecule has 2 unspecified atom stereocenters. The number of hydrogen-bond acceptors (Lipinski definition) is 2. The average Bonchev–Trinajstić information content (AvgIpc) is 3.17. The molecule has 0 aromatic heterocycles. The lowest BCUT2D eigenvalue weighted by atomic mass is 9.91. The minimum Gasteiger partial charge on any atom is -0.469 e. The van der Waals surface area contributed by atoms with Gasteiger partial charge in [-0.05, 0) is 75.5 Å². The van der Waals surface area contributed by atoms with Crippen molar-refractivity contribution in [2.45, 2.75) is 71.6 Å². The molecule has 0 N–H and O–H groups in total. The first-order chi connectivity index (χ1) is 12.1. The molecule has 2 nitrogen and oxygen atoms in total. The quantitative estimate of drug-likeness (QED) is 0.245. The van der Waals surface area contributed by atoms with E-state index in [-0.39, 0.29) is 5.97 Å². The van der Waals surface area contributed by atoms with Gasteiger partial charge in [-0.25, -0.2) is 0 Å². The zero-order valence-electron chi connectivity index (χ0n) is 16.2. The minimum atomic E-state index is -0.0916. The highest BCUT2D eigenvalue weighted by Crippen LogP contribution is 2.50. The topological polar surface area (TPSA) is 26.3 Å². The van der Waals surface area contributed by atoms with E-state index in [1.807, 2.05) is 6.92 Å². The third kappa shape index (κ3) is 6.38. The molecule has 0 bridgehead atoms. The smallest absolute Gasteiger partial charge is 0.305 e. The second-order valence-electron chi connectivity index (χ2n) is 7.80. The molecule has 0 spiro atoms. The highest BCUT2D eigenvalue weighted by molar-refractivity contribution is 5.69. The molecule has 2 saturated carbocycles. The van der Waals surface area contributed by atoms with Gasteiger partial charge in [0.15, 0.2) is 0 Å². The summed E-state index contributed by atoms with van der Waals surface area (Å²) in [6.45, 7) is 4.21. The normalized spacial score (nSPS) is 28.0. The lowest BCUT2D eigenvalue weighted by molar-refractivity contribution is -0.140. The number of ether oxygens (including phenoxy) is 1. The summed E-state index contributed by atoms with van der Waals surface area (Å²) in [5.74, 6) is 9.27. The maximum absolute atomic E-state index is 11.2. The van der Waals surface area contributed by atoms with E-state index in [0.29, 0.717) is 12.3 Å². The van der Waals surface area contributed by atoms with Crippen LogP contribution in [0.4, 0.5) is 0 Å². The van der Waals surface area contributed by atoms with Crippen LogP contribution in [-0.2, 0) is 9.53 Å². The van der Waals surface area contributed by atoms with Gasteiger partial charge in [-0.1, -0.05) is 30.7 Å². The van der Waals surface area contributed by atoms with Crippen LogP contribution in [0.25, 0.3) is 0 Å². The molecular weight excluding hydrogens is 308 g/mol. The van der Waals surface area contributed by atoms with Crippen molar-refractivity contribution in [3.63, 3.8) is 0 Å². The predicted molar refractivity (Wildman–Crippen MR) is 104 cm³/mol. The van der Waals surface area contributed by atoms with Crippen LogP contribution in [-0.4, -0.2) is 13.1 Å². The summed E-state index contributed by atoms with van der Waals surface area (Å²) in [6, 6.07) is 0. The Bertz CT molecular complexity index is 546. The first-order valence-electron chi connectivity index (χ1n) is 9.95. The molecule has 0 amide bonds. The lowest BCUT2D eigenvalue weighted by Gasteiger charge is -2.14. The fourth-order valence-electron chi connectivity index (χ4n) is 4.38. The van der Waals surface area contributed by atoms with Gasteiger partial charge in [0.1, 0.15) is 0 Å². The highest BCUT2D eigenvalue weighted by atomic mass is 16.5. The Morgan fingerprint density at radius 1 is 1.36 bits per heavy atom. The second-order valence-corrected chi connectivity index (χ2v) is 7.80. The average molecular weight is 343 g/mol. The minimum absolute atomic E-state index is 0.0916. The Hall–Kier alpha value is -1.49. The molecule has 4 atom stereocenters. The third-order valence-corrected chi connectivity index (χ3v) is 5.84. The largest absolute Gasteiger partial charge is 0.469 e. The SMILES string of the molecule is CC#CCC(C)C/C=C/C1CC[C@@H]2CC(=CCCCC(=O)OC)C[C@H]12. The van der Waals surface area contributed by atoms with Gasteiger partial charge in [-0.2, -0.15) is 0 Å². The van der Waals surface area contributed by atoms with Crippen LogP contribution in [0.15, 0.2) is 23.8 Å². The number of allylic oxidation sites excluding steroid dienone is 4.